The zero-order valence-corrected chi connectivity index (χ0v) is 16.4. The van der Waals surface area contributed by atoms with Crippen LogP contribution in [0.2, 0.25) is 0 Å². The minimum absolute atomic E-state index is 0.00622. The number of rotatable bonds is 7. The third-order valence-corrected chi connectivity index (χ3v) is 6.34. The molecule has 1 amide bonds. The van der Waals surface area contributed by atoms with Crippen molar-refractivity contribution in [2.75, 3.05) is 24.0 Å². The second kappa shape index (κ2) is 8.70. The number of ether oxygens (including phenoxy) is 1. The molecule has 0 aromatic heterocycles. The molecule has 0 spiro atoms. The fourth-order valence-corrected chi connectivity index (χ4v) is 4.44. The number of nitrogens with zero attached hydrogens (tertiary/aromatic N) is 1. The number of benzene rings is 2. The molecule has 2 aromatic carbocycles. The predicted octanol–water partition coefficient (Wildman–Crippen LogP) is 2.62. The number of carbonyl (C=O) groups is 1. The predicted molar refractivity (Wildman–Crippen MR) is 104 cm³/mol. The van der Waals surface area contributed by atoms with Gasteiger partial charge in [-0.15, -0.1) is 0 Å². The normalized spacial score (nSPS) is 16.7. The summed E-state index contributed by atoms with van der Waals surface area (Å²) in [5, 5.41) is 2.68. The summed E-state index contributed by atoms with van der Waals surface area (Å²) in [5.74, 6) is -1.24. The van der Waals surface area contributed by atoms with E-state index in [1.807, 2.05) is 6.92 Å². The van der Waals surface area contributed by atoms with Crippen LogP contribution >= 0.6 is 0 Å². The number of carbonyl (C=O) groups excluding carboxylic acids is 1. The summed E-state index contributed by atoms with van der Waals surface area (Å²) < 4.78 is 46.9. The van der Waals surface area contributed by atoms with E-state index in [0.717, 1.165) is 28.8 Å². The molecule has 1 saturated heterocycles. The average molecular weight is 406 g/mol. The number of aryl methyl sites for hydroxylation is 1. The lowest BCUT2D eigenvalue weighted by molar-refractivity contribution is -0.120. The quantitative estimate of drug-likeness (QED) is 0.767. The number of halogens is 1. The fourth-order valence-electron chi connectivity index (χ4n) is 3.01. The van der Waals surface area contributed by atoms with Gasteiger partial charge in [0, 0.05) is 13.2 Å². The third kappa shape index (κ3) is 4.69. The van der Waals surface area contributed by atoms with E-state index in [9.17, 15) is 17.6 Å². The summed E-state index contributed by atoms with van der Waals surface area (Å²) in [4.78, 5) is 12.4. The first-order chi connectivity index (χ1) is 13.4. The summed E-state index contributed by atoms with van der Waals surface area (Å²) in [6.45, 7) is 2.27. The number of hydrogen-bond acceptors (Lipinski definition) is 4. The highest BCUT2D eigenvalue weighted by Gasteiger charge is 2.29. The van der Waals surface area contributed by atoms with Crippen LogP contribution in [0.1, 0.15) is 18.4 Å². The fraction of sp³-hybridized carbons (Fsp3) is 0.350. The molecule has 2 aromatic rings. The highest BCUT2D eigenvalue weighted by atomic mass is 32.2. The van der Waals surface area contributed by atoms with Crippen LogP contribution in [0.25, 0.3) is 0 Å². The van der Waals surface area contributed by atoms with Crippen molar-refractivity contribution in [2.24, 2.45) is 0 Å². The summed E-state index contributed by atoms with van der Waals surface area (Å²) >= 11 is 0. The van der Waals surface area contributed by atoms with Crippen LogP contribution in [-0.2, 0) is 19.6 Å². The van der Waals surface area contributed by atoms with Gasteiger partial charge in [-0.1, -0.05) is 29.8 Å². The standard InChI is InChI=1S/C20H23FN2O4S/c1-15-8-10-17(11-9-15)28(25,26)23(19-7-3-2-6-18(19)21)14-20(24)22-13-16-5-4-12-27-16/h2-3,6-11,16H,4-5,12-14H2,1H3,(H,22,24)/t16-/m1/s1. The Labute approximate surface area is 164 Å². The molecule has 0 radical (unpaired) electrons. The van der Waals surface area contributed by atoms with E-state index < -0.39 is 28.3 Å². The third-order valence-electron chi connectivity index (χ3n) is 4.57. The van der Waals surface area contributed by atoms with Crippen molar-refractivity contribution >= 4 is 21.6 Å². The van der Waals surface area contributed by atoms with Crippen molar-refractivity contribution in [3.05, 3.63) is 59.9 Å². The van der Waals surface area contributed by atoms with Gasteiger partial charge in [0.05, 0.1) is 16.7 Å². The van der Waals surface area contributed by atoms with Gasteiger partial charge in [-0.3, -0.25) is 9.10 Å². The van der Waals surface area contributed by atoms with Gasteiger partial charge in [0.1, 0.15) is 12.4 Å². The first-order valence-corrected chi connectivity index (χ1v) is 10.5. The van der Waals surface area contributed by atoms with Gasteiger partial charge in [-0.05, 0) is 44.0 Å². The molecule has 0 bridgehead atoms. The van der Waals surface area contributed by atoms with Crippen LogP contribution in [0.3, 0.4) is 0 Å². The smallest absolute Gasteiger partial charge is 0.264 e. The summed E-state index contributed by atoms with van der Waals surface area (Å²) in [6.07, 6.45) is 1.71. The van der Waals surface area contributed by atoms with Gasteiger partial charge in [0.25, 0.3) is 10.0 Å². The molecule has 1 fully saturated rings. The Morgan fingerprint density at radius 3 is 2.57 bits per heavy atom. The molecule has 3 rings (SSSR count). The molecular weight excluding hydrogens is 383 g/mol. The summed E-state index contributed by atoms with van der Waals surface area (Å²) in [7, 11) is -4.12. The molecule has 1 aliphatic heterocycles. The van der Waals surface area contributed by atoms with Gasteiger partial charge in [0.15, 0.2) is 0 Å². The maximum absolute atomic E-state index is 14.4. The molecule has 1 atom stereocenters. The van der Waals surface area contributed by atoms with E-state index in [1.165, 1.54) is 30.3 Å². The number of para-hydroxylation sites is 1. The van der Waals surface area contributed by atoms with E-state index in [0.29, 0.717) is 13.2 Å². The molecule has 0 unspecified atom stereocenters. The van der Waals surface area contributed by atoms with Crippen molar-refractivity contribution in [1.82, 2.24) is 5.32 Å². The van der Waals surface area contributed by atoms with E-state index in [2.05, 4.69) is 5.32 Å². The maximum atomic E-state index is 14.4. The molecule has 0 saturated carbocycles. The van der Waals surface area contributed by atoms with Gasteiger partial charge in [-0.25, -0.2) is 12.8 Å². The number of hydrogen-bond donors (Lipinski definition) is 1. The molecular formula is C20H23FN2O4S. The van der Waals surface area contributed by atoms with Gasteiger partial charge < -0.3 is 10.1 Å². The Balaban J connectivity index is 1.86. The highest BCUT2D eigenvalue weighted by molar-refractivity contribution is 7.92. The second-order valence-electron chi connectivity index (χ2n) is 6.72. The molecule has 1 N–H and O–H groups in total. The highest BCUT2D eigenvalue weighted by Crippen LogP contribution is 2.26. The number of nitrogens with one attached hydrogen (secondary N) is 1. The summed E-state index contributed by atoms with van der Waals surface area (Å²) in [6, 6.07) is 11.7. The van der Waals surface area contributed by atoms with Crippen LogP contribution in [0.4, 0.5) is 10.1 Å². The molecule has 28 heavy (non-hydrogen) atoms. The SMILES string of the molecule is Cc1ccc(S(=O)(=O)N(CC(=O)NC[C@H]2CCCO2)c2ccccc2F)cc1. The van der Waals surface area contributed by atoms with Gasteiger partial charge in [0.2, 0.25) is 5.91 Å². The van der Waals surface area contributed by atoms with Crippen molar-refractivity contribution in [2.45, 2.75) is 30.8 Å². The molecule has 0 aliphatic carbocycles. The Hall–Kier alpha value is -2.45. The number of anilines is 1. The zero-order chi connectivity index (χ0) is 20.1. The largest absolute Gasteiger partial charge is 0.376 e. The monoisotopic (exact) mass is 406 g/mol. The number of amides is 1. The Morgan fingerprint density at radius 1 is 1.21 bits per heavy atom. The van der Waals surface area contributed by atoms with E-state index >= 15 is 0 Å². The Morgan fingerprint density at radius 2 is 1.93 bits per heavy atom. The van der Waals surface area contributed by atoms with Crippen molar-refractivity contribution in [3.8, 4) is 0 Å². The molecule has 1 aliphatic rings. The first kappa shape index (κ1) is 20.3. The summed E-state index contributed by atoms with van der Waals surface area (Å²) in [5.41, 5.74) is 0.723. The van der Waals surface area contributed by atoms with Crippen LogP contribution in [-0.4, -0.2) is 40.1 Å². The van der Waals surface area contributed by atoms with Crippen LogP contribution in [0, 0.1) is 12.7 Å². The van der Waals surface area contributed by atoms with Gasteiger partial charge >= 0.3 is 0 Å². The Bertz CT molecular complexity index is 925. The minimum Gasteiger partial charge on any atom is -0.376 e. The lowest BCUT2D eigenvalue weighted by atomic mass is 10.2. The molecule has 150 valence electrons. The molecule has 6 nitrogen and oxygen atoms in total. The average Bonchev–Trinajstić information content (AvgIpc) is 3.19. The van der Waals surface area contributed by atoms with Crippen LogP contribution in [0.5, 0.6) is 0 Å². The van der Waals surface area contributed by atoms with Crippen molar-refractivity contribution < 1.29 is 22.3 Å². The molecule has 1 heterocycles. The maximum Gasteiger partial charge on any atom is 0.264 e. The molecule has 8 heteroatoms. The van der Waals surface area contributed by atoms with E-state index in [4.69, 9.17) is 4.74 Å². The van der Waals surface area contributed by atoms with E-state index in [-0.39, 0.29) is 16.7 Å². The lowest BCUT2D eigenvalue weighted by Gasteiger charge is -2.24. The second-order valence-corrected chi connectivity index (χ2v) is 8.58. The number of sulfonamides is 1. The first-order valence-electron chi connectivity index (χ1n) is 9.10. The lowest BCUT2D eigenvalue weighted by Crippen LogP contribution is -2.43. The van der Waals surface area contributed by atoms with Crippen molar-refractivity contribution in [3.63, 3.8) is 0 Å². The topological polar surface area (TPSA) is 75.7 Å². The zero-order valence-electron chi connectivity index (χ0n) is 15.6. The van der Waals surface area contributed by atoms with Crippen molar-refractivity contribution in [1.29, 1.82) is 0 Å². The minimum atomic E-state index is -4.12. The van der Waals surface area contributed by atoms with Crippen LogP contribution in [0.15, 0.2) is 53.4 Å². The van der Waals surface area contributed by atoms with Gasteiger partial charge in [-0.2, -0.15) is 0 Å². The van der Waals surface area contributed by atoms with Crippen LogP contribution < -0.4 is 9.62 Å². The Kier molecular flexibility index (Phi) is 6.31. The van der Waals surface area contributed by atoms with E-state index in [1.54, 1.807) is 12.1 Å².